The molecule has 0 amide bonds. The summed E-state index contributed by atoms with van der Waals surface area (Å²) in [7, 11) is -2.56. The van der Waals surface area contributed by atoms with Crippen molar-refractivity contribution in [2.45, 2.75) is 17.4 Å². The molecular formula is C18H16ClNO6S. The fourth-order valence-corrected chi connectivity index (χ4v) is 3.75. The zero-order valence-electron chi connectivity index (χ0n) is 14.3. The van der Waals surface area contributed by atoms with E-state index in [0.29, 0.717) is 28.3 Å². The van der Waals surface area contributed by atoms with E-state index in [1.807, 2.05) is 0 Å². The van der Waals surface area contributed by atoms with E-state index in [2.05, 4.69) is 9.46 Å². The van der Waals surface area contributed by atoms with Crippen molar-refractivity contribution in [1.82, 2.24) is 4.72 Å². The summed E-state index contributed by atoms with van der Waals surface area (Å²) in [4.78, 5) is 24.0. The molecule has 2 aromatic rings. The molecule has 7 nitrogen and oxygen atoms in total. The molecule has 1 atom stereocenters. The number of benzene rings is 2. The number of hydrogen-bond acceptors (Lipinski definition) is 6. The van der Waals surface area contributed by atoms with Crippen molar-refractivity contribution in [1.29, 1.82) is 0 Å². The van der Waals surface area contributed by atoms with Gasteiger partial charge in [0.25, 0.3) is 0 Å². The van der Waals surface area contributed by atoms with Gasteiger partial charge in [0.15, 0.2) is 11.9 Å². The average molecular weight is 410 g/mol. The molecule has 27 heavy (non-hydrogen) atoms. The number of rotatable bonds is 6. The fraction of sp³-hybridized carbons (Fsp3) is 0.222. The van der Waals surface area contributed by atoms with Crippen LogP contribution in [0.1, 0.15) is 15.9 Å². The second kappa shape index (κ2) is 7.67. The number of esters is 1. The first-order valence-corrected chi connectivity index (χ1v) is 9.82. The number of halogens is 1. The Hall–Kier alpha value is -2.42. The summed E-state index contributed by atoms with van der Waals surface area (Å²) in [6.45, 7) is -0.398. The number of Topliss-reactive ketones (excluding diaryl/α,β-unsaturated/α-hetero) is 1. The third kappa shape index (κ3) is 4.29. The molecule has 0 saturated carbocycles. The summed E-state index contributed by atoms with van der Waals surface area (Å²) in [5, 5.41) is 0.413. The van der Waals surface area contributed by atoms with Crippen molar-refractivity contribution in [3.05, 3.63) is 58.6 Å². The summed E-state index contributed by atoms with van der Waals surface area (Å²) in [5.41, 5.74) is 1.01. The number of fused-ring (bicyclic) bond motifs is 1. The Morgan fingerprint density at radius 3 is 2.59 bits per heavy atom. The number of ether oxygens (including phenoxy) is 2. The normalized spacial score (nSPS) is 15.7. The van der Waals surface area contributed by atoms with Crippen molar-refractivity contribution in [2.24, 2.45) is 0 Å². The third-order valence-electron chi connectivity index (χ3n) is 4.07. The lowest BCUT2D eigenvalue weighted by Crippen LogP contribution is -2.29. The van der Waals surface area contributed by atoms with Crippen LogP contribution in [-0.4, -0.2) is 39.9 Å². The minimum absolute atomic E-state index is 0.0166. The molecule has 0 bridgehead atoms. The molecule has 1 N–H and O–H groups in total. The van der Waals surface area contributed by atoms with Gasteiger partial charge >= 0.3 is 5.97 Å². The first-order chi connectivity index (χ1) is 12.8. The van der Waals surface area contributed by atoms with Crippen LogP contribution < -0.4 is 9.46 Å². The van der Waals surface area contributed by atoms with Crippen LogP contribution in [0.5, 0.6) is 5.75 Å². The zero-order chi connectivity index (χ0) is 19.6. The van der Waals surface area contributed by atoms with Gasteiger partial charge in [-0.3, -0.25) is 4.79 Å². The van der Waals surface area contributed by atoms with E-state index in [1.165, 1.54) is 37.4 Å². The molecule has 1 heterocycles. The van der Waals surface area contributed by atoms with Crippen LogP contribution in [0, 0.1) is 0 Å². The maximum atomic E-state index is 12.4. The topological polar surface area (TPSA) is 98.8 Å². The average Bonchev–Trinajstić information content (AvgIpc) is 3.09. The standard InChI is InChI=1S/C18H16ClNO6S/c1-25-18(22)17-9-12-8-11(2-7-16(12)26-17)15(21)10-20-27(23,24)14-5-3-13(19)4-6-14/h2-8,17,20H,9-10H2,1H3. The molecule has 142 valence electrons. The maximum absolute atomic E-state index is 12.4. The van der Waals surface area contributed by atoms with E-state index in [0.717, 1.165) is 0 Å². The molecule has 1 aliphatic rings. The van der Waals surface area contributed by atoms with Crippen LogP contribution in [0.15, 0.2) is 47.4 Å². The van der Waals surface area contributed by atoms with Crippen LogP contribution >= 0.6 is 11.6 Å². The minimum atomic E-state index is -3.83. The number of methoxy groups -OCH3 is 1. The lowest BCUT2D eigenvalue weighted by atomic mass is 10.0. The maximum Gasteiger partial charge on any atom is 0.347 e. The molecule has 0 spiro atoms. The molecular weight excluding hydrogens is 394 g/mol. The Morgan fingerprint density at radius 2 is 1.93 bits per heavy atom. The Bertz CT molecular complexity index is 987. The van der Waals surface area contributed by atoms with E-state index < -0.39 is 34.4 Å². The van der Waals surface area contributed by atoms with Gasteiger partial charge in [-0.1, -0.05) is 11.6 Å². The number of ketones is 1. The van der Waals surface area contributed by atoms with Crippen LogP contribution in [0.2, 0.25) is 5.02 Å². The highest BCUT2D eigenvalue weighted by Crippen LogP contribution is 2.30. The Kier molecular flexibility index (Phi) is 5.50. The predicted molar refractivity (Wildman–Crippen MR) is 97.5 cm³/mol. The van der Waals surface area contributed by atoms with E-state index in [4.69, 9.17) is 16.3 Å². The number of carbonyl (C=O) groups is 2. The Labute approximate surface area is 161 Å². The largest absolute Gasteiger partial charge is 0.478 e. The summed E-state index contributed by atoms with van der Waals surface area (Å²) in [6.07, 6.45) is -0.446. The number of hydrogen-bond donors (Lipinski definition) is 1. The van der Waals surface area contributed by atoms with Crippen LogP contribution in [0.3, 0.4) is 0 Å². The molecule has 0 saturated heterocycles. The third-order valence-corrected chi connectivity index (χ3v) is 5.74. The molecule has 1 unspecified atom stereocenters. The van der Waals surface area contributed by atoms with E-state index in [1.54, 1.807) is 12.1 Å². The zero-order valence-corrected chi connectivity index (χ0v) is 15.8. The van der Waals surface area contributed by atoms with E-state index in [9.17, 15) is 18.0 Å². The van der Waals surface area contributed by atoms with Gasteiger partial charge in [0.05, 0.1) is 18.6 Å². The molecule has 0 radical (unpaired) electrons. The highest BCUT2D eigenvalue weighted by atomic mass is 35.5. The van der Waals surface area contributed by atoms with Crippen molar-refractivity contribution >= 4 is 33.4 Å². The van der Waals surface area contributed by atoms with Gasteiger partial charge in [0.2, 0.25) is 10.0 Å². The molecule has 3 rings (SSSR count). The number of sulfonamides is 1. The van der Waals surface area contributed by atoms with Gasteiger partial charge in [0, 0.05) is 17.0 Å². The van der Waals surface area contributed by atoms with E-state index >= 15 is 0 Å². The van der Waals surface area contributed by atoms with Crippen molar-refractivity contribution < 1.29 is 27.5 Å². The molecule has 1 aliphatic heterocycles. The summed E-state index contributed by atoms with van der Waals surface area (Å²) in [5.74, 6) is -0.393. The molecule has 0 fully saturated rings. The highest BCUT2D eigenvalue weighted by molar-refractivity contribution is 7.89. The van der Waals surface area contributed by atoms with Crippen LogP contribution in [0.4, 0.5) is 0 Å². The summed E-state index contributed by atoms with van der Waals surface area (Å²) in [6, 6.07) is 10.3. The Morgan fingerprint density at radius 1 is 1.22 bits per heavy atom. The van der Waals surface area contributed by atoms with Gasteiger partial charge in [-0.05, 0) is 48.0 Å². The van der Waals surface area contributed by atoms with Gasteiger partial charge in [-0.2, -0.15) is 0 Å². The van der Waals surface area contributed by atoms with Crippen molar-refractivity contribution in [3.63, 3.8) is 0 Å². The SMILES string of the molecule is COC(=O)C1Cc2cc(C(=O)CNS(=O)(=O)c3ccc(Cl)cc3)ccc2O1. The lowest BCUT2D eigenvalue weighted by molar-refractivity contribution is -0.147. The minimum Gasteiger partial charge on any atom is -0.478 e. The molecule has 9 heteroatoms. The molecule has 2 aromatic carbocycles. The second-order valence-electron chi connectivity index (χ2n) is 5.86. The van der Waals surface area contributed by atoms with Gasteiger partial charge in [-0.15, -0.1) is 0 Å². The number of carbonyl (C=O) groups excluding carboxylic acids is 2. The van der Waals surface area contributed by atoms with Gasteiger partial charge < -0.3 is 9.47 Å². The van der Waals surface area contributed by atoms with Gasteiger partial charge in [-0.25, -0.2) is 17.9 Å². The fourth-order valence-electron chi connectivity index (χ4n) is 2.64. The molecule has 0 aliphatic carbocycles. The quantitative estimate of drug-likeness (QED) is 0.578. The van der Waals surface area contributed by atoms with Crippen molar-refractivity contribution in [3.8, 4) is 5.75 Å². The molecule has 0 aromatic heterocycles. The lowest BCUT2D eigenvalue weighted by Gasteiger charge is -2.07. The second-order valence-corrected chi connectivity index (χ2v) is 8.06. The smallest absolute Gasteiger partial charge is 0.347 e. The number of nitrogens with one attached hydrogen (secondary N) is 1. The van der Waals surface area contributed by atoms with Crippen LogP contribution in [0.25, 0.3) is 0 Å². The van der Waals surface area contributed by atoms with E-state index in [-0.39, 0.29) is 4.90 Å². The highest BCUT2D eigenvalue weighted by Gasteiger charge is 2.30. The van der Waals surface area contributed by atoms with Gasteiger partial charge in [0.1, 0.15) is 5.75 Å². The summed E-state index contributed by atoms with van der Waals surface area (Å²) < 4.78 is 36.9. The van der Waals surface area contributed by atoms with Crippen LogP contribution in [-0.2, 0) is 26.0 Å². The summed E-state index contributed by atoms with van der Waals surface area (Å²) >= 11 is 5.75. The first-order valence-electron chi connectivity index (χ1n) is 7.96. The first kappa shape index (κ1) is 19.3. The van der Waals surface area contributed by atoms with Crippen molar-refractivity contribution in [2.75, 3.05) is 13.7 Å². The monoisotopic (exact) mass is 409 g/mol. The Balaban J connectivity index is 1.68. The predicted octanol–water partition coefficient (Wildman–Crippen LogP) is 1.98.